The number of nitrogens with one attached hydrogen (secondary N) is 1. The van der Waals surface area contributed by atoms with E-state index in [0.717, 1.165) is 50.2 Å². The van der Waals surface area contributed by atoms with Crippen molar-refractivity contribution in [2.24, 2.45) is 0 Å². The molecule has 4 rings (SSSR count). The summed E-state index contributed by atoms with van der Waals surface area (Å²) in [7, 11) is 2.06. The first-order valence-corrected chi connectivity index (χ1v) is 9.88. The first-order chi connectivity index (χ1) is 13.6. The van der Waals surface area contributed by atoms with Gasteiger partial charge in [0.15, 0.2) is 5.82 Å². The van der Waals surface area contributed by atoms with Crippen LogP contribution in [-0.2, 0) is 19.5 Å². The quantitative estimate of drug-likeness (QED) is 0.851. The van der Waals surface area contributed by atoms with E-state index in [2.05, 4.69) is 27.2 Å². The zero-order valence-electron chi connectivity index (χ0n) is 16.2. The summed E-state index contributed by atoms with van der Waals surface area (Å²) in [5, 5.41) is 2.91. The van der Waals surface area contributed by atoms with Gasteiger partial charge < -0.3 is 19.7 Å². The second-order valence-corrected chi connectivity index (χ2v) is 7.48. The summed E-state index contributed by atoms with van der Waals surface area (Å²) in [4.78, 5) is 38.5. The summed E-state index contributed by atoms with van der Waals surface area (Å²) in [6, 6.07) is 3.75. The zero-order valence-corrected chi connectivity index (χ0v) is 16.2. The number of pyridine rings is 1. The first kappa shape index (κ1) is 18.6. The van der Waals surface area contributed by atoms with Gasteiger partial charge in [0.05, 0.1) is 5.69 Å². The zero-order chi connectivity index (χ0) is 19.5. The number of aromatic nitrogens is 3. The number of carbonyl (C=O) groups is 2. The Morgan fingerprint density at radius 2 is 1.96 bits per heavy atom. The Morgan fingerprint density at radius 3 is 2.71 bits per heavy atom. The fourth-order valence-corrected chi connectivity index (χ4v) is 3.81. The molecule has 0 unspecified atom stereocenters. The molecule has 2 aromatic rings. The molecule has 1 fully saturated rings. The van der Waals surface area contributed by atoms with Gasteiger partial charge >= 0.3 is 0 Å². The average molecular weight is 382 g/mol. The lowest BCUT2D eigenvalue weighted by molar-refractivity contribution is 0.0657. The lowest BCUT2D eigenvalue weighted by Gasteiger charge is -2.32. The highest BCUT2D eigenvalue weighted by atomic mass is 16.2. The van der Waals surface area contributed by atoms with Crippen LogP contribution in [0.25, 0.3) is 0 Å². The van der Waals surface area contributed by atoms with E-state index in [0.29, 0.717) is 31.2 Å². The molecule has 28 heavy (non-hydrogen) atoms. The fraction of sp³-hybridized carbons (Fsp3) is 0.500. The predicted molar refractivity (Wildman–Crippen MR) is 104 cm³/mol. The van der Waals surface area contributed by atoms with Gasteiger partial charge in [-0.05, 0) is 37.9 Å². The number of amides is 2. The maximum Gasteiger partial charge on any atom is 0.287 e. The maximum atomic E-state index is 13.1. The molecule has 1 saturated heterocycles. The third kappa shape index (κ3) is 3.77. The van der Waals surface area contributed by atoms with E-state index in [9.17, 15) is 9.59 Å². The smallest absolute Gasteiger partial charge is 0.287 e. The van der Waals surface area contributed by atoms with Crippen LogP contribution < -0.4 is 5.32 Å². The van der Waals surface area contributed by atoms with Crippen LogP contribution in [-0.4, -0.2) is 69.4 Å². The number of nitrogens with zero attached hydrogens (tertiary/aromatic N) is 5. The molecule has 2 aliphatic heterocycles. The molecule has 0 aliphatic carbocycles. The van der Waals surface area contributed by atoms with Crippen LogP contribution in [0.5, 0.6) is 0 Å². The molecule has 8 heteroatoms. The Bertz CT molecular complexity index is 855. The Balaban J connectivity index is 1.54. The van der Waals surface area contributed by atoms with Crippen LogP contribution in [0, 0.1) is 0 Å². The molecule has 1 N–H and O–H groups in total. The standard InChI is InChI=1S/C20H26N6O2/c1-24-9-11-25(12-10-24)20(28)17-16-6-2-3-8-26(16)18(23-17)19(27)22-14-15-5-4-7-21-13-15/h4-5,7,13H,2-3,6,8-12,14H2,1H3,(H,22,27). The van der Waals surface area contributed by atoms with Crippen LogP contribution >= 0.6 is 0 Å². The Labute approximate surface area is 164 Å². The van der Waals surface area contributed by atoms with Crippen molar-refractivity contribution >= 4 is 11.8 Å². The maximum absolute atomic E-state index is 13.1. The molecular formula is C20H26N6O2. The van der Waals surface area contributed by atoms with Gasteiger partial charge in [-0.25, -0.2) is 4.98 Å². The van der Waals surface area contributed by atoms with Crippen LogP contribution in [0.1, 0.15) is 45.2 Å². The second-order valence-electron chi connectivity index (χ2n) is 7.48. The van der Waals surface area contributed by atoms with E-state index in [1.54, 1.807) is 12.4 Å². The molecule has 148 valence electrons. The van der Waals surface area contributed by atoms with E-state index >= 15 is 0 Å². The number of hydrogen-bond donors (Lipinski definition) is 1. The molecule has 2 amide bonds. The average Bonchev–Trinajstić information content (AvgIpc) is 3.13. The second kappa shape index (κ2) is 8.10. The van der Waals surface area contributed by atoms with Crippen LogP contribution in [0.4, 0.5) is 0 Å². The van der Waals surface area contributed by atoms with Crippen LogP contribution in [0.3, 0.4) is 0 Å². The van der Waals surface area contributed by atoms with Gasteiger partial charge in [0.25, 0.3) is 11.8 Å². The van der Waals surface area contributed by atoms with Gasteiger partial charge in [-0.2, -0.15) is 0 Å². The van der Waals surface area contributed by atoms with Crippen molar-refractivity contribution in [2.75, 3.05) is 33.2 Å². The summed E-state index contributed by atoms with van der Waals surface area (Å²) in [5.41, 5.74) is 2.28. The minimum absolute atomic E-state index is 0.0509. The molecule has 0 spiro atoms. The van der Waals surface area contributed by atoms with E-state index in [4.69, 9.17) is 0 Å². The number of imidazole rings is 1. The molecule has 4 heterocycles. The summed E-state index contributed by atoms with van der Waals surface area (Å²) in [6.07, 6.45) is 6.23. The van der Waals surface area contributed by atoms with Crippen molar-refractivity contribution < 1.29 is 9.59 Å². The van der Waals surface area contributed by atoms with E-state index in [1.165, 1.54) is 0 Å². The van der Waals surface area contributed by atoms with Gasteiger partial charge in [-0.15, -0.1) is 0 Å². The van der Waals surface area contributed by atoms with Crippen molar-refractivity contribution in [3.63, 3.8) is 0 Å². The molecule has 0 saturated carbocycles. The van der Waals surface area contributed by atoms with E-state index in [-0.39, 0.29) is 11.8 Å². The van der Waals surface area contributed by atoms with E-state index < -0.39 is 0 Å². The number of likely N-dealkylation sites (N-methyl/N-ethyl adjacent to an activating group) is 1. The lowest BCUT2D eigenvalue weighted by Crippen LogP contribution is -2.47. The highest BCUT2D eigenvalue weighted by Gasteiger charge is 2.30. The first-order valence-electron chi connectivity index (χ1n) is 9.88. The highest BCUT2D eigenvalue weighted by Crippen LogP contribution is 2.23. The van der Waals surface area contributed by atoms with Gasteiger partial charge in [0, 0.05) is 51.7 Å². The van der Waals surface area contributed by atoms with Crippen molar-refractivity contribution in [1.82, 2.24) is 29.7 Å². The summed E-state index contributed by atoms with van der Waals surface area (Å²) in [5.74, 6) is 0.0468. The molecule has 0 radical (unpaired) electrons. The van der Waals surface area contributed by atoms with Gasteiger partial charge in [0.1, 0.15) is 5.69 Å². The SMILES string of the molecule is CN1CCN(C(=O)c2nc(C(=O)NCc3cccnc3)n3c2CCCC3)CC1. The monoisotopic (exact) mass is 382 g/mol. The minimum atomic E-state index is -0.246. The van der Waals surface area contributed by atoms with Crippen molar-refractivity contribution in [1.29, 1.82) is 0 Å². The Hall–Kier alpha value is -2.74. The summed E-state index contributed by atoms with van der Waals surface area (Å²) >= 11 is 0. The Morgan fingerprint density at radius 1 is 1.14 bits per heavy atom. The molecule has 0 aromatic carbocycles. The number of piperazine rings is 1. The van der Waals surface area contributed by atoms with Crippen molar-refractivity contribution in [3.05, 3.63) is 47.3 Å². The van der Waals surface area contributed by atoms with Gasteiger partial charge in [-0.1, -0.05) is 6.07 Å². The topological polar surface area (TPSA) is 83.4 Å². The number of carbonyl (C=O) groups excluding carboxylic acids is 2. The number of hydrogen-bond acceptors (Lipinski definition) is 5. The largest absolute Gasteiger partial charge is 0.345 e. The van der Waals surface area contributed by atoms with Gasteiger partial charge in [-0.3, -0.25) is 14.6 Å². The third-order valence-corrected chi connectivity index (χ3v) is 5.49. The van der Waals surface area contributed by atoms with Crippen LogP contribution in [0.15, 0.2) is 24.5 Å². The molecule has 2 aliphatic rings. The Kier molecular flexibility index (Phi) is 5.38. The minimum Gasteiger partial charge on any atom is -0.345 e. The van der Waals surface area contributed by atoms with Crippen molar-refractivity contribution in [3.8, 4) is 0 Å². The molecule has 0 bridgehead atoms. The molecular weight excluding hydrogens is 356 g/mol. The van der Waals surface area contributed by atoms with Gasteiger partial charge in [0.2, 0.25) is 0 Å². The lowest BCUT2D eigenvalue weighted by atomic mass is 10.1. The normalized spacial score (nSPS) is 17.2. The summed E-state index contributed by atoms with van der Waals surface area (Å²) in [6.45, 7) is 4.24. The molecule has 2 aromatic heterocycles. The van der Waals surface area contributed by atoms with E-state index in [1.807, 2.05) is 21.6 Å². The van der Waals surface area contributed by atoms with Crippen molar-refractivity contribution in [2.45, 2.75) is 32.4 Å². The number of fused-ring (bicyclic) bond motifs is 1. The van der Waals surface area contributed by atoms with Crippen LogP contribution in [0.2, 0.25) is 0 Å². The third-order valence-electron chi connectivity index (χ3n) is 5.49. The predicted octanol–water partition coefficient (Wildman–Crippen LogP) is 0.932. The highest BCUT2D eigenvalue weighted by molar-refractivity contribution is 5.97. The number of rotatable bonds is 4. The fourth-order valence-electron chi connectivity index (χ4n) is 3.81. The molecule has 8 nitrogen and oxygen atoms in total. The molecule has 0 atom stereocenters. The summed E-state index contributed by atoms with van der Waals surface area (Å²) < 4.78 is 1.94.